The first kappa shape index (κ1) is 12.5. The van der Waals surface area contributed by atoms with Crippen LogP contribution < -0.4 is 5.32 Å². The number of aryl methyl sites for hydroxylation is 1. The molecule has 1 aromatic heterocycles. The van der Waals surface area contributed by atoms with Crippen molar-refractivity contribution in [2.24, 2.45) is 0 Å². The van der Waals surface area contributed by atoms with E-state index in [1.807, 2.05) is 19.3 Å². The number of aromatic nitrogens is 1. The van der Waals surface area contributed by atoms with Gasteiger partial charge in [-0.1, -0.05) is 28.1 Å². The summed E-state index contributed by atoms with van der Waals surface area (Å²) in [6.07, 6.45) is 4.05. The van der Waals surface area contributed by atoms with Crippen LogP contribution in [-0.2, 0) is 6.42 Å². The molecule has 1 heterocycles. The summed E-state index contributed by atoms with van der Waals surface area (Å²) in [6, 6.07) is 8.91. The van der Waals surface area contributed by atoms with Crippen LogP contribution in [0.1, 0.15) is 18.9 Å². The summed E-state index contributed by atoms with van der Waals surface area (Å²) in [6.45, 7) is 2.20. The summed E-state index contributed by atoms with van der Waals surface area (Å²) < 4.78 is 1.12. The summed E-state index contributed by atoms with van der Waals surface area (Å²) in [5.74, 6) is 0. The molecule has 1 N–H and O–H groups in total. The first-order valence-electron chi connectivity index (χ1n) is 5.91. The minimum atomic E-state index is 0.539. The van der Waals surface area contributed by atoms with Crippen LogP contribution in [0.15, 0.2) is 34.9 Å². The fourth-order valence-corrected chi connectivity index (χ4v) is 2.37. The summed E-state index contributed by atoms with van der Waals surface area (Å²) in [5, 5.41) is 4.46. The number of halogens is 1. The molecule has 0 bridgehead atoms. The zero-order valence-electron chi connectivity index (χ0n) is 10.2. The Morgan fingerprint density at radius 2 is 2.18 bits per heavy atom. The van der Waals surface area contributed by atoms with E-state index in [2.05, 4.69) is 51.4 Å². The SMILES string of the molecule is CNC(C)CCc1ccc(Br)c2cccnc12. The van der Waals surface area contributed by atoms with Gasteiger partial charge < -0.3 is 5.32 Å². The van der Waals surface area contributed by atoms with E-state index in [1.54, 1.807) is 0 Å². The standard InChI is InChI=1S/C14H17BrN2/c1-10(16-2)5-6-11-7-8-13(15)12-4-3-9-17-14(11)12/h3-4,7-10,16H,5-6H2,1-2H3. The van der Waals surface area contributed by atoms with E-state index in [4.69, 9.17) is 0 Å². The van der Waals surface area contributed by atoms with E-state index in [0.29, 0.717) is 6.04 Å². The van der Waals surface area contributed by atoms with E-state index < -0.39 is 0 Å². The van der Waals surface area contributed by atoms with Gasteiger partial charge in [0.2, 0.25) is 0 Å². The maximum Gasteiger partial charge on any atom is 0.0745 e. The van der Waals surface area contributed by atoms with Gasteiger partial charge in [0.05, 0.1) is 5.52 Å². The molecule has 1 aromatic carbocycles. The molecule has 1 unspecified atom stereocenters. The Hall–Kier alpha value is -0.930. The Kier molecular flexibility index (Phi) is 4.13. The molecule has 0 aliphatic rings. The summed E-state index contributed by atoms with van der Waals surface area (Å²) >= 11 is 3.57. The van der Waals surface area contributed by atoms with Crippen molar-refractivity contribution in [3.63, 3.8) is 0 Å². The van der Waals surface area contributed by atoms with Crippen LogP contribution >= 0.6 is 15.9 Å². The minimum absolute atomic E-state index is 0.539. The first-order valence-corrected chi connectivity index (χ1v) is 6.71. The van der Waals surface area contributed by atoms with E-state index in [0.717, 1.165) is 22.8 Å². The Morgan fingerprint density at radius 1 is 1.35 bits per heavy atom. The molecule has 0 amide bonds. The highest BCUT2D eigenvalue weighted by Crippen LogP contribution is 2.26. The van der Waals surface area contributed by atoms with Crippen LogP contribution in [0.2, 0.25) is 0 Å². The monoisotopic (exact) mass is 292 g/mol. The summed E-state index contributed by atoms with van der Waals surface area (Å²) in [7, 11) is 2.00. The lowest BCUT2D eigenvalue weighted by Gasteiger charge is -2.11. The van der Waals surface area contributed by atoms with Crippen molar-refractivity contribution in [3.8, 4) is 0 Å². The third-order valence-electron chi connectivity index (χ3n) is 3.14. The minimum Gasteiger partial charge on any atom is -0.317 e. The molecular formula is C14H17BrN2. The van der Waals surface area contributed by atoms with Crippen molar-refractivity contribution in [2.45, 2.75) is 25.8 Å². The number of fused-ring (bicyclic) bond motifs is 1. The number of pyridine rings is 1. The largest absolute Gasteiger partial charge is 0.317 e. The van der Waals surface area contributed by atoms with Gasteiger partial charge in [-0.2, -0.15) is 0 Å². The van der Waals surface area contributed by atoms with Crippen molar-refractivity contribution < 1.29 is 0 Å². The van der Waals surface area contributed by atoms with Crippen LogP contribution in [0.4, 0.5) is 0 Å². The molecule has 0 radical (unpaired) electrons. The molecule has 2 nitrogen and oxygen atoms in total. The highest BCUT2D eigenvalue weighted by Gasteiger charge is 2.06. The van der Waals surface area contributed by atoms with Gasteiger partial charge >= 0.3 is 0 Å². The molecule has 2 rings (SSSR count). The quantitative estimate of drug-likeness (QED) is 0.932. The smallest absolute Gasteiger partial charge is 0.0745 e. The third-order valence-corrected chi connectivity index (χ3v) is 3.83. The van der Waals surface area contributed by atoms with Crippen molar-refractivity contribution in [3.05, 3.63) is 40.5 Å². The highest BCUT2D eigenvalue weighted by atomic mass is 79.9. The van der Waals surface area contributed by atoms with Crippen molar-refractivity contribution >= 4 is 26.8 Å². The van der Waals surface area contributed by atoms with Gasteiger partial charge in [0.25, 0.3) is 0 Å². The molecule has 0 fully saturated rings. The maximum atomic E-state index is 4.50. The molecule has 0 saturated heterocycles. The van der Waals surface area contributed by atoms with Crippen molar-refractivity contribution in [2.75, 3.05) is 7.05 Å². The normalized spacial score (nSPS) is 12.9. The predicted molar refractivity (Wildman–Crippen MR) is 76.3 cm³/mol. The number of nitrogens with zero attached hydrogens (tertiary/aromatic N) is 1. The zero-order valence-corrected chi connectivity index (χ0v) is 11.8. The fourth-order valence-electron chi connectivity index (χ4n) is 1.91. The molecular weight excluding hydrogens is 276 g/mol. The predicted octanol–water partition coefficient (Wildman–Crippen LogP) is 3.54. The topological polar surface area (TPSA) is 24.9 Å². The third kappa shape index (κ3) is 2.85. The second kappa shape index (κ2) is 5.61. The average molecular weight is 293 g/mol. The number of hydrogen-bond donors (Lipinski definition) is 1. The highest BCUT2D eigenvalue weighted by molar-refractivity contribution is 9.10. The lowest BCUT2D eigenvalue weighted by Crippen LogP contribution is -2.21. The van der Waals surface area contributed by atoms with Gasteiger partial charge in [-0.15, -0.1) is 0 Å². The molecule has 0 aliphatic heterocycles. The summed E-state index contributed by atoms with van der Waals surface area (Å²) in [4.78, 5) is 4.50. The van der Waals surface area contributed by atoms with E-state index in [-0.39, 0.29) is 0 Å². The van der Waals surface area contributed by atoms with Gasteiger partial charge in [0.1, 0.15) is 0 Å². The lowest BCUT2D eigenvalue weighted by atomic mass is 10.0. The molecule has 90 valence electrons. The lowest BCUT2D eigenvalue weighted by molar-refractivity contribution is 0.566. The van der Waals surface area contributed by atoms with Crippen LogP contribution in [-0.4, -0.2) is 18.1 Å². The number of hydrogen-bond acceptors (Lipinski definition) is 2. The number of rotatable bonds is 4. The van der Waals surface area contributed by atoms with Gasteiger partial charge in [0, 0.05) is 22.1 Å². The molecule has 2 aromatic rings. The number of benzene rings is 1. The zero-order chi connectivity index (χ0) is 12.3. The van der Waals surface area contributed by atoms with Crippen molar-refractivity contribution in [1.29, 1.82) is 0 Å². The summed E-state index contributed by atoms with van der Waals surface area (Å²) in [5.41, 5.74) is 2.44. The fraction of sp³-hybridized carbons (Fsp3) is 0.357. The molecule has 17 heavy (non-hydrogen) atoms. The van der Waals surface area contributed by atoms with Gasteiger partial charge in [-0.25, -0.2) is 0 Å². The Balaban J connectivity index is 2.32. The van der Waals surface area contributed by atoms with Gasteiger partial charge in [0.15, 0.2) is 0 Å². The van der Waals surface area contributed by atoms with Crippen LogP contribution in [0.5, 0.6) is 0 Å². The molecule has 0 spiro atoms. The van der Waals surface area contributed by atoms with Gasteiger partial charge in [-0.05, 0) is 44.5 Å². The van der Waals surface area contributed by atoms with Gasteiger partial charge in [-0.3, -0.25) is 4.98 Å². The Bertz CT molecular complexity index is 511. The van der Waals surface area contributed by atoms with E-state index in [9.17, 15) is 0 Å². The Morgan fingerprint density at radius 3 is 2.94 bits per heavy atom. The van der Waals surface area contributed by atoms with E-state index >= 15 is 0 Å². The van der Waals surface area contributed by atoms with Crippen LogP contribution in [0.25, 0.3) is 10.9 Å². The molecule has 3 heteroatoms. The first-order chi connectivity index (χ1) is 8.22. The second-order valence-corrected chi connectivity index (χ2v) is 5.19. The van der Waals surface area contributed by atoms with Crippen LogP contribution in [0.3, 0.4) is 0 Å². The Labute approximate surface area is 111 Å². The van der Waals surface area contributed by atoms with E-state index in [1.165, 1.54) is 10.9 Å². The van der Waals surface area contributed by atoms with Crippen LogP contribution in [0, 0.1) is 0 Å². The second-order valence-electron chi connectivity index (χ2n) is 4.33. The molecule has 1 atom stereocenters. The average Bonchev–Trinajstić information content (AvgIpc) is 2.38. The van der Waals surface area contributed by atoms with Crippen molar-refractivity contribution in [1.82, 2.24) is 10.3 Å². The molecule has 0 aliphatic carbocycles. The molecule has 0 saturated carbocycles. The maximum absolute atomic E-state index is 4.50. The number of nitrogens with one attached hydrogen (secondary N) is 1.